The number of nitrogens with one attached hydrogen (secondary N) is 6. The van der Waals surface area contributed by atoms with E-state index in [1.165, 1.54) is 0 Å². The molecule has 0 aliphatic rings. The molecule has 0 aliphatic carbocycles. The van der Waals surface area contributed by atoms with Gasteiger partial charge in [0.1, 0.15) is 0 Å². The Balaban J connectivity index is 1.49. The molecule has 234 valence electrons. The molecule has 2 aromatic carbocycles. The zero-order valence-corrected chi connectivity index (χ0v) is 29.2. The predicted octanol–water partition coefficient (Wildman–Crippen LogP) is 9.90. The molecule has 0 spiro atoms. The Morgan fingerprint density at radius 3 is 0.929 bits per heavy atom. The normalized spacial score (nSPS) is 10.8. The van der Waals surface area contributed by atoms with Gasteiger partial charge in [-0.25, -0.2) is 9.59 Å². The number of carbonyl (C=O) groups excluding carboxylic acids is 2. The number of carbonyl (C=O) groups is 2. The van der Waals surface area contributed by atoms with E-state index in [-0.39, 0.29) is 62.3 Å². The van der Waals surface area contributed by atoms with Gasteiger partial charge >= 0.3 is 12.1 Å². The van der Waals surface area contributed by atoms with Gasteiger partial charge in [0.25, 0.3) is 0 Å². The van der Waals surface area contributed by atoms with Crippen molar-refractivity contribution in [2.75, 3.05) is 49.9 Å². The van der Waals surface area contributed by atoms with Crippen LogP contribution in [0.1, 0.15) is 25.7 Å². The molecule has 0 bridgehead atoms. The van der Waals surface area contributed by atoms with Crippen molar-refractivity contribution in [3.05, 3.63) is 50.2 Å². The summed E-state index contributed by atoms with van der Waals surface area (Å²) in [5, 5.41) is 18.1. The molecule has 0 fully saturated rings. The molecule has 0 saturated heterocycles. The summed E-state index contributed by atoms with van der Waals surface area (Å²) in [6.45, 7) is 2.27. The molecule has 0 radical (unpaired) electrons. The zero-order valence-electron chi connectivity index (χ0n) is 21.7. The first-order valence-corrected chi connectivity index (χ1v) is 16.2. The summed E-state index contributed by atoms with van der Waals surface area (Å²) in [4.78, 5) is 23.9. The lowest BCUT2D eigenvalue weighted by molar-refractivity contribution is 0.239. The average Bonchev–Trinajstić information content (AvgIpc) is 2.97. The van der Waals surface area contributed by atoms with Gasteiger partial charge in [0.2, 0.25) is 0 Å². The van der Waals surface area contributed by atoms with Crippen molar-refractivity contribution >= 4 is 139 Å². The maximum absolute atomic E-state index is 12.0. The SMILES string of the molecule is O=C(NCCCCCCNC(=O)NCCNc1c(Cl)c(Cl)c(Cl)c(Cl)c1Cl)NCCNc1c(Cl)c(Cl)c(Cl)c(Cl)c1Cl. The van der Waals surface area contributed by atoms with E-state index in [0.29, 0.717) is 50.6 Å². The first-order valence-electron chi connectivity index (χ1n) is 12.4. The summed E-state index contributed by atoms with van der Waals surface area (Å²) in [5.74, 6) is 0. The van der Waals surface area contributed by atoms with Gasteiger partial charge in [-0.3, -0.25) is 0 Å². The van der Waals surface area contributed by atoms with Crippen LogP contribution in [0.4, 0.5) is 21.0 Å². The summed E-state index contributed by atoms with van der Waals surface area (Å²) in [6, 6.07) is -0.610. The molecule has 4 amide bonds. The summed E-state index contributed by atoms with van der Waals surface area (Å²) in [7, 11) is 0. The van der Waals surface area contributed by atoms with Crippen molar-refractivity contribution in [3.63, 3.8) is 0 Å². The third-order valence-corrected chi connectivity index (χ3v) is 10.1. The van der Waals surface area contributed by atoms with Crippen molar-refractivity contribution < 1.29 is 9.59 Å². The fraction of sp³-hybridized carbons (Fsp3) is 0.417. The van der Waals surface area contributed by atoms with Crippen molar-refractivity contribution in [1.82, 2.24) is 21.3 Å². The number of rotatable bonds is 15. The Morgan fingerprint density at radius 1 is 0.357 bits per heavy atom. The quantitative estimate of drug-likeness (QED) is 0.0615. The van der Waals surface area contributed by atoms with Crippen LogP contribution in [0.15, 0.2) is 0 Å². The molecule has 42 heavy (non-hydrogen) atoms. The standard InChI is InChI=1S/C24H26Cl10N6O2/c25-11-13(27)17(31)21(18(32)14(11)28)35-7-9-39-23(41)37-5-3-1-2-4-6-38-24(42)40-10-8-36-22-19(33)15(29)12(26)16(30)20(22)34/h35-36H,1-10H2,(H2,37,39,41)(H2,38,40,42). The number of urea groups is 2. The van der Waals surface area contributed by atoms with Gasteiger partial charge in [-0.2, -0.15) is 0 Å². The van der Waals surface area contributed by atoms with Gasteiger partial charge in [-0.15, -0.1) is 0 Å². The van der Waals surface area contributed by atoms with Crippen LogP contribution in [0.3, 0.4) is 0 Å². The second-order valence-electron chi connectivity index (χ2n) is 8.52. The molecule has 0 aromatic heterocycles. The number of hydrogen-bond donors (Lipinski definition) is 6. The summed E-state index contributed by atoms with van der Waals surface area (Å²) >= 11 is 60.7. The molecule has 0 heterocycles. The van der Waals surface area contributed by atoms with Gasteiger partial charge in [-0.1, -0.05) is 129 Å². The van der Waals surface area contributed by atoms with Crippen molar-refractivity contribution in [2.45, 2.75) is 25.7 Å². The van der Waals surface area contributed by atoms with Crippen LogP contribution < -0.4 is 31.9 Å². The van der Waals surface area contributed by atoms with E-state index in [0.717, 1.165) is 25.7 Å². The topological polar surface area (TPSA) is 106 Å². The molecule has 8 nitrogen and oxygen atoms in total. The molecule has 0 aliphatic heterocycles. The highest BCUT2D eigenvalue weighted by Gasteiger charge is 2.20. The molecule has 2 rings (SSSR count). The average molecular weight is 785 g/mol. The van der Waals surface area contributed by atoms with E-state index in [2.05, 4.69) is 31.9 Å². The van der Waals surface area contributed by atoms with Gasteiger partial charge in [0, 0.05) is 39.3 Å². The van der Waals surface area contributed by atoms with E-state index in [1.807, 2.05) is 0 Å². The van der Waals surface area contributed by atoms with E-state index in [4.69, 9.17) is 116 Å². The second kappa shape index (κ2) is 19.1. The largest absolute Gasteiger partial charge is 0.381 e. The van der Waals surface area contributed by atoms with Crippen molar-refractivity contribution in [1.29, 1.82) is 0 Å². The molecule has 2 aromatic rings. The number of hydrogen-bond acceptors (Lipinski definition) is 4. The predicted molar refractivity (Wildman–Crippen MR) is 181 cm³/mol. The van der Waals surface area contributed by atoms with Crippen LogP contribution in [0, 0.1) is 0 Å². The molecule has 18 heteroatoms. The Morgan fingerprint density at radius 2 is 0.619 bits per heavy atom. The van der Waals surface area contributed by atoms with E-state index < -0.39 is 0 Å². The minimum absolute atomic E-state index is 0.0733. The number of unbranched alkanes of at least 4 members (excludes halogenated alkanes) is 3. The Kier molecular flexibility index (Phi) is 17.1. The van der Waals surface area contributed by atoms with Crippen LogP contribution in [0.2, 0.25) is 50.2 Å². The third kappa shape index (κ3) is 11.1. The number of amides is 4. The highest BCUT2D eigenvalue weighted by molar-refractivity contribution is 6.57. The van der Waals surface area contributed by atoms with Gasteiger partial charge < -0.3 is 31.9 Å². The smallest absolute Gasteiger partial charge is 0.314 e. The first-order chi connectivity index (χ1) is 19.9. The van der Waals surface area contributed by atoms with Crippen LogP contribution >= 0.6 is 116 Å². The van der Waals surface area contributed by atoms with Crippen LogP contribution in [-0.2, 0) is 0 Å². The highest BCUT2D eigenvalue weighted by atomic mass is 35.5. The fourth-order valence-corrected chi connectivity index (χ4v) is 5.92. The molecular formula is C24H26Cl10N6O2. The summed E-state index contributed by atoms with van der Waals surface area (Å²) < 4.78 is 0. The molecule has 6 N–H and O–H groups in total. The van der Waals surface area contributed by atoms with Crippen molar-refractivity contribution in [2.24, 2.45) is 0 Å². The van der Waals surface area contributed by atoms with Crippen LogP contribution in [0.25, 0.3) is 0 Å². The Labute approximate surface area is 294 Å². The molecule has 0 atom stereocenters. The van der Waals surface area contributed by atoms with Gasteiger partial charge in [0.15, 0.2) is 0 Å². The summed E-state index contributed by atoms with van der Waals surface area (Å²) in [5.41, 5.74) is 0.676. The lowest BCUT2D eigenvalue weighted by Crippen LogP contribution is -2.38. The Hall–Kier alpha value is -0.520. The maximum atomic E-state index is 12.0. The minimum atomic E-state index is -0.305. The van der Waals surface area contributed by atoms with Crippen LogP contribution in [0.5, 0.6) is 0 Å². The lowest BCUT2D eigenvalue weighted by Gasteiger charge is -2.15. The van der Waals surface area contributed by atoms with Gasteiger partial charge in [-0.05, 0) is 12.8 Å². The molecule has 0 saturated carbocycles. The Bertz CT molecular complexity index is 1110. The maximum Gasteiger partial charge on any atom is 0.314 e. The minimum Gasteiger partial charge on any atom is -0.381 e. The molecule has 0 unspecified atom stereocenters. The number of benzene rings is 2. The first kappa shape index (κ1) is 37.7. The summed E-state index contributed by atoms with van der Waals surface area (Å²) in [6.07, 6.45) is 3.36. The number of halogens is 10. The number of anilines is 2. The third-order valence-electron chi connectivity index (χ3n) is 5.52. The van der Waals surface area contributed by atoms with Crippen LogP contribution in [-0.4, -0.2) is 51.3 Å². The lowest BCUT2D eigenvalue weighted by atomic mass is 10.2. The van der Waals surface area contributed by atoms with Crippen molar-refractivity contribution in [3.8, 4) is 0 Å². The molecular weight excluding hydrogens is 759 g/mol. The van der Waals surface area contributed by atoms with E-state index in [1.54, 1.807) is 0 Å². The van der Waals surface area contributed by atoms with E-state index in [9.17, 15) is 9.59 Å². The van der Waals surface area contributed by atoms with Gasteiger partial charge in [0.05, 0.1) is 61.6 Å². The fourth-order valence-electron chi connectivity index (χ4n) is 3.38. The second-order valence-corrected chi connectivity index (χ2v) is 12.3. The zero-order chi connectivity index (χ0) is 31.4. The van der Waals surface area contributed by atoms with E-state index >= 15 is 0 Å². The highest BCUT2D eigenvalue weighted by Crippen LogP contribution is 2.47. The monoisotopic (exact) mass is 780 g/mol.